The van der Waals surface area contributed by atoms with Gasteiger partial charge in [0.25, 0.3) is 0 Å². The normalized spacial score (nSPS) is 10.9. The van der Waals surface area contributed by atoms with E-state index in [2.05, 4.69) is 15.6 Å². The number of hydrogen-bond acceptors (Lipinski definition) is 5. The number of nitriles is 1. The summed E-state index contributed by atoms with van der Waals surface area (Å²) in [6.07, 6.45) is 3.66. The molecule has 0 fully saturated rings. The quantitative estimate of drug-likeness (QED) is 0.440. The summed E-state index contributed by atoms with van der Waals surface area (Å²) in [5.41, 5.74) is 10.4. The van der Waals surface area contributed by atoms with E-state index in [1.165, 1.54) is 0 Å². The van der Waals surface area contributed by atoms with Gasteiger partial charge in [-0.3, -0.25) is 15.5 Å². The van der Waals surface area contributed by atoms with Crippen LogP contribution in [0.1, 0.15) is 0 Å². The second-order valence-corrected chi connectivity index (χ2v) is 4.08. The smallest absolute Gasteiger partial charge is 0.201 e. The van der Waals surface area contributed by atoms with Gasteiger partial charge in [0, 0.05) is 18.8 Å². The van der Waals surface area contributed by atoms with E-state index in [-0.39, 0.29) is 11.5 Å². The molecular formula is C13H13N7. The maximum atomic E-state index is 8.76. The van der Waals surface area contributed by atoms with E-state index >= 15 is 0 Å². The van der Waals surface area contributed by atoms with E-state index in [1.807, 2.05) is 31.4 Å². The van der Waals surface area contributed by atoms with E-state index in [4.69, 9.17) is 16.4 Å². The molecule has 2 rings (SSSR count). The highest BCUT2D eigenvalue weighted by Crippen LogP contribution is 2.21. The zero-order valence-corrected chi connectivity index (χ0v) is 10.8. The van der Waals surface area contributed by atoms with Gasteiger partial charge < -0.3 is 5.73 Å². The van der Waals surface area contributed by atoms with Gasteiger partial charge in [0.05, 0.1) is 11.9 Å². The Hall–Kier alpha value is -3.14. The maximum Gasteiger partial charge on any atom is 0.201 e. The van der Waals surface area contributed by atoms with Crippen molar-refractivity contribution in [1.82, 2.24) is 9.78 Å². The van der Waals surface area contributed by atoms with Crippen LogP contribution in [0.4, 0.5) is 5.69 Å². The Balaban J connectivity index is 2.23. The first kappa shape index (κ1) is 13.3. The summed E-state index contributed by atoms with van der Waals surface area (Å²) in [4.78, 5) is 0. The number of nitrogens with two attached hydrogens (primary N) is 1. The number of nitrogens with one attached hydrogen (secondary N) is 2. The average Bonchev–Trinajstić information content (AvgIpc) is 2.86. The van der Waals surface area contributed by atoms with Crippen LogP contribution in [0.5, 0.6) is 0 Å². The molecule has 0 amide bonds. The van der Waals surface area contributed by atoms with E-state index in [9.17, 15) is 0 Å². The molecule has 1 aromatic carbocycles. The second kappa shape index (κ2) is 5.67. The molecule has 20 heavy (non-hydrogen) atoms. The number of anilines is 1. The lowest BCUT2D eigenvalue weighted by molar-refractivity contribution is 0.768. The number of hydrazone groups is 1. The first-order valence-corrected chi connectivity index (χ1v) is 5.77. The number of benzene rings is 1. The lowest BCUT2D eigenvalue weighted by Crippen LogP contribution is -2.21. The van der Waals surface area contributed by atoms with Crippen molar-refractivity contribution in [2.45, 2.75) is 0 Å². The van der Waals surface area contributed by atoms with Crippen molar-refractivity contribution in [1.29, 1.82) is 10.7 Å². The van der Waals surface area contributed by atoms with Crippen molar-refractivity contribution in [3.63, 3.8) is 0 Å². The molecule has 100 valence electrons. The first-order chi connectivity index (χ1) is 9.60. The van der Waals surface area contributed by atoms with Crippen LogP contribution in [0.2, 0.25) is 0 Å². The Labute approximate surface area is 115 Å². The van der Waals surface area contributed by atoms with Crippen LogP contribution in [-0.4, -0.2) is 21.3 Å². The highest BCUT2D eigenvalue weighted by atomic mass is 15.3. The molecule has 0 aliphatic rings. The predicted octanol–water partition coefficient (Wildman–Crippen LogP) is 1.31. The largest absolute Gasteiger partial charge is 0.382 e. The molecule has 0 bridgehead atoms. The van der Waals surface area contributed by atoms with Crippen molar-refractivity contribution < 1.29 is 0 Å². The van der Waals surface area contributed by atoms with E-state index in [1.54, 1.807) is 23.0 Å². The van der Waals surface area contributed by atoms with Crippen molar-refractivity contribution in [2.75, 3.05) is 5.43 Å². The van der Waals surface area contributed by atoms with Crippen molar-refractivity contribution >= 4 is 17.2 Å². The Morgan fingerprint density at radius 3 is 2.90 bits per heavy atom. The van der Waals surface area contributed by atoms with Crippen molar-refractivity contribution in [3.05, 3.63) is 36.7 Å². The molecule has 4 N–H and O–H groups in total. The van der Waals surface area contributed by atoms with Crippen LogP contribution >= 0.6 is 0 Å². The summed E-state index contributed by atoms with van der Waals surface area (Å²) in [5, 5.41) is 23.8. The van der Waals surface area contributed by atoms with Gasteiger partial charge in [0.15, 0.2) is 5.84 Å². The van der Waals surface area contributed by atoms with Crippen LogP contribution < -0.4 is 11.2 Å². The fourth-order valence-corrected chi connectivity index (χ4v) is 1.60. The topological polar surface area (TPSA) is 116 Å². The molecule has 0 aliphatic heterocycles. The summed E-state index contributed by atoms with van der Waals surface area (Å²) in [6, 6.07) is 9.23. The molecule has 0 saturated carbocycles. The molecule has 2 aromatic rings. The predicted molar refractivity (Wildman–Crippen MR) is 77.2 cm³/mol. The Kier molecular flexibility index (Phi) is 3.77. The molecule has 0 unspecified atom stereocenters. The SMILES string of the molecule is Cn1cc(-c2cccc(N/N=C(\C#N)C(=N)N)c2)cn1. The molecular weight excluding hydrogens is 254 g/mol. The number of amidine groups is 1. The number of aryl methyl sites for hydroxylation is 1. The van der Waals surface area contributed by atoms with Gasteiger partial charge in [-0.05, 0) is 17.7 Å². The molecule has 0 radical (unpaired) electrons. The van der Waals surface area contributed by atoms with Crippen LogP contribution in [0.15, 0.2) is 41.8 Å². The van der Waals surface area contributed by atoms with Gasteiger partial charge in [-0.15, -0.1) is 0 Å². The minimum atomic E-state index is -0.372. The molecule has 0 atom stereocenters. The summed E-state index contributed by atoms with van der Waals surface area (Å²) in [6.45, 7) is 0. The lowest BCUT2D eigenvalue weighted by Gasteiger charge is -2.03. The second-order valence-electron chi connectivity index (χ2n) is 4.08. The van der Waals surface area contributed by atoms with Gasteiger partial charge in [-0.2, -0.15) is 15.5 Å². The molecule has 7 heteroatoms. The van der Waals surface area contributed by atoms with Gasteiger partial charge in [0.2, 0.25) is 5.71 Å². The summed E-state index contributed by atoms with van der Waals surface area (Å²) < 4.78 is 1.72. The highest BCUT2D eigenvalue weighted by molar-refractivity contribution is 6.45. The summed E-state index contributed by atoms with van der Waals surface area (Å²) >= 11 is 0. The minimum absolute atomic E-state index is 0.156. The minimum Gasteiger partial charge on any atom is -0.382 e. The Morgan fingerprint density at radius 2 is 2.30 bits per heavy atom. The molecule has 1 aromatic heterocycles. The molecule has 1 heterocycles. The van der Waals surface area contributed by atoms with E-state index in [0.29, 0.717) is 5.69 Å². The summed E-state index contributed by atoms with van der Waals surface area (Å²) in [7, 11) is 1.85. The van der Waals surface area contributed by atoms with Gasteiger partial charge >= 0.3 is 0 Å². The zero-order chi connectivity index (χ0) is 14.5. The third-order valence-corrected chi connectivity index (χ3v) is 2.56. The maximum absolute atomic E-state index is 8.76. The van der Waals surface area contributed by atoms with Gasteiger partial charge in [-0.25, -0.2) is 0 Å². The lowest BCUT2D eigenvalue weighted by atomic mass is 10.1. The van der Waals surface area contributed by atoms with Crippen molar-refractivity contribution in [2.24, 2.45) is 17.9 Å². The monoisotopic (exact) mass is 267 g/mol. The Bertz CT molecular complexity index is 706. The van der Waals surface area contributed by atoms with E-state index in [0.717, 1.165) is 11.1 Å². The number of hydrogen-bond donors (Lipinski definition) is 3. The zero-order valence-electron chi connectivity index (χ0n) is 10.8. The summed E-state index contributed by atoms with van der Waals surface area (Å²) in [5.74, 6) is -0.372. The fourth-order valence-electron chi connectivity index (χ4n) is 1.60. The van der Waals surface area contributed by atoms with Gasteiger partial charge in [0.1, 0.15) is 6.07 Å². The molecule has 7 nitrogen and oxygen atoms in total. The number of rotatable bonds is 4. The van der Waals surface area contributed by atoms with E-state index < -0.39 is 0 Å². The van der Waals surface area contributed by atoms with Crippen LogP contribution in [0.25, 0.3) is 11.1 Å². The van der Waals surface area contributed by atoms with Gasteiger partial charge in [-0.1, -0.05) is 12.1 Å². The van der Waals surface area contributed by atoms with Crippen LogP contribution in [-0.2, 0) is 7.05 Å². The van der Waals surface area contributed by atoms with Crippen LogP contribution in [0, 0.1) is 16.7 Å². The third-order valence-electron chi connectivity index (χ3n) is 2.56. The van der Waals surface area contributed by atoms with Crippen LogP contribution in [0.3, 0.4) is 0 Å². The number of nitrogens with zero attached hydrogens (tertiary/aromatic N) is 4. The number of aromatic nitrogens is 2. The Morgan fingerprint density at radius 1 is 1.50 bits per heavy atom. The highest BCUT2D eigenvalue weighted by Gasteiger charge is 2.03. The fraction of sp³-hybridized carbons (Fsp3) is 0.0769. The third kappa shape index (κ3) is 3.00. The average molecular weight is 267 g/mol. The van der Waals surface area contributed by atoms with Crippen molar-refractivity contribution in [3.8, 4) is 17.2 Å². The molecule has 0 aliphatic carbocycles. The standard InChI is InChI=1S/C13H13N7/c1-20-8-10(7-17-20)9-3-2-4-11(5-9)18-19-12(6-14)13(15)16/h2-5,7-8,18H,1H3,(H3,15,16)/b19-12+. The molecule has 0 saturated heterocycles. The first-order valence-electron chi connectivity index (χ1n) is 5.77. The molecule has 0 spiro atoms.